The van der Waals surface area contributed by atoms with Gasteiger partial charge in [-0.25, -0.2) is 0 Å². The highest BCUT2D eigenvalue weighted by atomic mass is 16.3. The average Bonchev–Trinajstić information content (AvgIpc) is 2.54. The SMILES string of the molecule is Cc1oc(C)c(C(=O)Cc2ccccn2)c1C. The predicted octanol–water partition coefficient (Wildman–Crippen LogP) is 3.03. The first-order chi connectivity index (χ1) is 8.09. The van der Waals surface area contributed by atoms with E-state index in [0.29, 0.717) is 17.7 Å². The summed E-state index contributed by atoms with van der Waals surface area (Å²) in [5, 5.41) is 0. The summed E-state index contributed by atoms with van der Waals surface area (Å²) in [5.74, 6) is 1.57. The van der Waals surface area contributed by atoms with Crippen LogP contribution >= 0.6 is 0 Å². The van der Waals surface area contributed by atoms with Gasteiger partial charge in [0.2, 0.25) is 0 Å². The second-order valence-electron chi connectivity index (χ2n) is 4.14. The quantitative estimate of drug-likeness (QED) is 0.760. The topological polar surface area (TPSA) is 43.1 Å². The first-order valence-electron chi connectivity index (χ1n) is 5.59. The van der Waals surface area contributed by atoms with Gasteiger partial charge in [-0.1, -0.05) is 6.07 Å². The molecule has 0 bridgehead atoms. The molecule has 0 unspecified atom stereocenters. The van der Waals surface area contributed by atoms with Crippen molar-refractivity contribution in [1.29, 1.82) is 0 Å². The van der Waals surface area contributed by atoms with Gasteiger partial charge in [0.15, 0.2) is 5.78 Å². The molecule has 88 valence electrons. The standard InChI is InChI=1S/C14H15NO2/c1-9-10(2)17-11(3)14(9)13(16)8-12-6-4-5-7-15-12/h4-7H,8H2,1-3H3. The van der Waals surface area contributed by atoms with Crippen LogP contribution in [-0.2, 0) is 6.42 Å². The number of rotatable bonds is 3. The number of carbonyl (C=O) groups excluding carboxylic acids is 1. The van der Waals surface area contributed by atoms with Crippen LogP contribution in [0, 0.1) is 20.8 Å². The van der Waals surface area contributed by atoms with Gasteiger partial charge in [-0.15, -0.1) is 0 Å². The van der Waals surface area contributed by atoms with E-state index < -0.39 is 0 Å². The molecule has 0 aliphatic rings. The number of aryl methyl sites for hydroxylation is 2. The fourth-order valence-electron chi connectivity index (χ4n) is 1.96. The summed E-state index contributed by atoms with van der Waals surface area (Å²) in [6, 6.07) is 5.58. The zero-order valence-corrected chi connectivity index (χ0v) is 10.3. The van der Waals surface area contributed by atoms with Gasteiger partial charge in [0.1, 0.15) is 11.5 Å². The number of hydrogen-bond acceptors (Lipinski definition) is 3. The zero-order chi connectivity index (χ0) is 12.4. The molecule has 0 amide bonds. The van der Waals surface area contributed by atoms with Crippen LogP contribution in [0.25, 0.3) is 0 Å². The maximum atomic E-state index is 12.2. The van der Waals surface area contributed by atoms with Crippen LogP contribution in [0.2, 0.25) is 0 Å². The summed E-state index contributed by atoms with van der Waals surface area (Å²) in [4.78, 5) is 16.3. The van der Waals surface area contributed by atoms with Crippen LogP contribution in [0.1, 0.15) is 33.1 Å². The minimum atomic E-state index is 0.0653. The van der Waals surface area contributed by atoms with Gasteiger partial charge in [-0.2, -0.15) is 0 Å². The maximum Gasteiger partial charge on any atom is 0.172 e. The molecule has 2 aromatic rings. The van der Waals surface area contributed by atoms with Crippen molar-refractivity contribution in [3.8, 4) is 0 Å². The molecule has 0 saturated carbocycles. The number of ketones is 1. The molecule has 0 aromatic carbocycles. The van der Waals surface area contributed by atoms with Gasteiger partial charge in [-0.05, 0) is 32.9 Å². The number of furan rings is 1. The highest BCUT2D eigenvalue weighted by Crippen LogP contribution is 2.22. The molecule has 17 heavy (non-hydrogen) atoms. The number of carbonyl (C=O) groups is 1. The summed E-state index contributed by atoms with van der Waals surface area (Å²) >= 11 is 0. The molecule has 2 rings (SSSR count). The third-order valence-electron chi connectivity index (χ3n) is 2.91. The molecule has 0 radical (unpaired) electrons. The smallest absolute Gasteiger partial charge is 0.172 e. The number of aromatic nitrogens is 1. The third kappa shape index (κ3) is 2.28. The Kier molecular flexibility index (Phi) is 3.09. The van der Waals surface area contributed by atoms with Crippen LogP contribution in [0.4, 0.5) is 0 Å². The van der Waals surface area contributed by atoms with Gasteiger partial charge in [0.25, 0.3) is 0 Å². The Labute approximate surface area is 100 Å². The summed E-state index contributed by atoms with van der Waals surface area (Å²) in [5.41, 5.74) is 2.42. The first kappa shape index (κ1) is 11.6. The van der Waals surface area contributed by atoms with Gasteiger partial charge in [-0.3, -0.25) is 9.78 Å². The van der Waals surface area contributed by atoms with Crippen molar-refractivity contribution in [2.24, 2.45) is 0 Å². The van der Waals surface area contributed by atoms with Gasteiger partial charge in [0, 0.05) is 17.5 Å². The lowest BCUT2D eigenvalue weighted by atomic mass is 10.0. The van der Waals surface area contributed by atoms with Crippen LogP contribution in [0.15, 0.2) is 28.8 Å². The molecule has 0 spiro atoms. The van der Waals surface area contributed by atoms with Crippen LogP contribution in [0.3, 0.4) is 0 Å². The van der Waals surface area contributed by atoms with E-state index in [1.807, 2.05) is 39.0 Å². The second kappa shape index (κ2) is 4.53. The summed E-state index contributed by atoms with van der Waals surface area (Å²) in [7, 11) is 0. The van der Waals surface area contributed by atoms with Crippen LogP contribution in [0.5, 0.6) is 0 Å². The van der Waals surface area contributed by atoms with Gasteiger partial charge >= 0.3 is 0 Å². The second-order valence-corrected chi connectivity index (χ2v) is 4.14. The largest absolute Gasteiger partial charge is 0.466 e. The molecular weight excluding hydrogens is 214 g/mol. The lowest BCUT2D eigenvalue weighted by Gasteiger charge is -2.00. The first-order valence-corrected chi connectivity index (χ1v) is 5.59. The van der Waals surface area contributed by atoms with Crippen molar-refractivity contribution in [1.82, 2.24) is 4.98 Å². The van der Waals surface area contributed by atoms with E-state index in [-0.39, 0.29) is 5.78 Å². The Morgan fingerprint density at radius 3 is 2.53 bits per heavy atom. The maximum absolute atomic E-state index is 12.2. The molecule has 0 N–H and O–H groups in total. The number of Topliss-reactive ketones (excluding diaryl/α,β-unsaturated/α-hetero) is 1. The van der Waals surface area contributed by atoms with E-state index in [1.54, 1.807) is 6.20 Å². The lowest BCUT2D eigenvalue weighted by molar-refractivity contribution is 0.0990. The summed E-state index contributed by atoms with van der Waals surface area (Å²) in [6.07, 6.45) is 2.02. The predicted molar refractivity (Wildman–Crippen MR) is 65.2 cm³/mol. The van der Waals surface area contributed by atoms with Crippen molar-refractivity contribution in [3.05, 3.63) is 52.7 Å². The van der Waals surface area contributed by atoms with Gasteiger partial charge in [0.05, 0.1) is 12.0 Å². The van der Waals surface area contributed by atoms with Crippen molar-refractivity contribution in [2.45, 2.75) is 27.2 Å². The zero-order valence-electron chi connectivity index (χ0n) is 10.3. The minimum absolute atomic E-state index is 0.0653. The average molecular weight is 229 g/mol. The highest BCUT2D eigenvalue weighted by Gasteiger charge is 2.18. The summed E-state index contributed by atoms with van der Waals surface area (Å²) < 4.78 is 5.46. The van der Waals surface area contributed by atoms with E-state index >= 15 is 0 Å². The molecular formula is C14H15NO2. The van der Waals surface area contributed by atoms with Crippen LogP contribution < -0.4 is 0 Å². The Morgan fingerprint density at radius 1 is 1.24 bits per heavy atom. The molecule has 2 heterocycles. The van der Waals surface area contributed by atoms with Crippen molar-refractivity contribution in [3.63, 3.8) is 0 Å². The molecule has 3 nitrogen and oxygen atoms in total. The molecule has 2 aromatic heterocycles. The molecule has 0 fully saturated rings. The van der Waals surface area contributed by atoms with Crippen molar-refractivity contribution < 1.29 is 9.21 Å². The Hall–Kier alpha value is -1.90. The lowest BCUT2D eigenvalue weighted by Crippen LogP contribution is -2.06. The Balaban J connectivity index is 2.27. The third-order valence-corrected chi connectivity index (χ3v) is 2.91. The molecule has 0 saturated heterocycles. The normalized spacial score (nSPS) is 10.5. The minimum Gasteiger partial charge on any atom is -0.466 e. The van der Waals surface area contributed by atoms with E-state index in [4.69, 9.17) is 4.42 Å². The fraction of sp³-hybridized carbons (Fsp3) is 0.286. The monoisotopic (exact) mass is 229 g/mol. The highest BCUT2D eigenvalue weighted by molar-refractivity contribution is 5.99. The van der Waals surface area contributed by atoms with E-state index in [2.05, 4.69) is 4.98 Å². The molecule has 0 aliphatic carbocycles. The van der Waals surface area contributed by atoms with Crippen molar-refractivity contribution in [2.75, 3.05) is 0 Å². The Morgan fingerprint density at radius 2 is 2.00 bits per heavy atom. The molecule has 0 aliphatic heterocycles. The van der Waals surface area contributed by atoms with E-state index in [9.17, 15) is 4.79 Å². The summed E-state index contributed by atoms with van der Waals surface area (Å²) in [6.45, 7) is 5.61. The van der Waals surface area contributed by atoms with Crippen LogP contribution in [-0.4, -0.2) is 10.8 Å². The molecule has 3 heteroatoms. The van der Waals surface area contributed by atoms with E-state index in [0.717, 1.165) is 17.0 Å². The number of pyridine rings is 1. The van der Waals surface area contributed by atoms with Gasteiger partial charge < -0.3 is 4.42 Å². The van der Waals surface area contributed by atoms with E-state index in [1.165, 1.54) is 0 Å². The Bertz CT molecular complexity index is 541. The fourth-order valence-corrected chi connectivity index (χ4v) is 1.96. The molecule has 0 atom stereocenters. The van der Waals surface area contributed by atoms with Crippen molar-refractivity contribution >= 4 is 5.78 Å². The number of nitrogens with zero attached hydrogens (tertiary/aromatic N) is 1. The number of hydrogen-bond donors (Lipinski definition) is 0.